The van der Waals surface area contributed by atoms with E-state index in [0.717, 1.165) is 11.8 Å². The number of carbonyl (C=O) groups excluding carboxylic acids is 1. The van der Waals surface area contributed by atoms with E-state index in [0.29, 0.717) is 11.3 Å². The van der Waals surface area contributed by atoms with Gasteiger partial charge in [0.1, 0.15) is 0 Å². The molecule has 0 fully saturated rings. The van der Waals surface area contributed by atoms with Crippen LogP contribution in [0.15, 0.2) is 47.5 Å². The van der Waals surface area contributed by atoms with Crippen LogP contribution in [0, 0.1) is 0 Å². The van der Waals surface area contributed by atoms with Crippen LogP contribution < -0.4 is 11.1 Å². The lowest BCUT2D eigenvalue weighted by Gasteiger charge is -2.15. The first-order chi connectivity index (χ1) is 10.8. The van der Waals surface area contributed by atoms with E-state index in [4.69, 9.17) is 5.73 Å². The third-order valence-corrected chi connectivity index (χ3v) is 4.57. The number of sulfone groups is 1. The van der Waals surface area contributed by atoms with Gasteiger partial charge in [-0.3, -0.25) is 9.78 Å². The fourth-order valence-electron chi connectivity index (χ4n) is 2.10. The maximum atomic E-state index is 12.2. The largest absolute Gasteiger partial charge is 0.346 e. The van der Waals surface area contributed by atoms with E-state index >= 15 is 0 Å². The van der Waals surface area contributed by atoms with Crippen LogP contribution in [-0.2, 0) is 16.4 Å². The molecule has 1 amide bonds. The van der Waals surface area contributed by atoms with Crippen molar-refractivity contribution in [1.82, 2.24) is 10.3 Å². The lowest BCUT2D eigenvalue weighted by Crippen LogP contribution is -2.26. The zero-order valence-corrected chi connectivity index (χ0v) is 15.0. The van der Waals surface area contributed by atoms with Crippen molar-refractivity contribution in [3.05, 3.63) is 59.4 Å². The number of aromatic nitrogens is 1. The van der Waals surface area contributed by atoms with Crippen LogP contribution in [0.2, 0.25) is 0 Å². The summed E-state index contributed by atoms with van der Waals surface area (Å²) in [5.74, 6) is -0.234. The Balaban J connectivity index is 0.00000288. The van der Waals surface area contributed by atoms with Crippen LogP contribution >= 0.6 is 12.4 Å². The highest BCUT2D eigenvalue weighted by Crippen LogP contribution is 2.17. The van der Waals surface area contributed by atoms with Gasteiger partial charge in [-0.15, -0.1) is 12.4 Å². The van der Waals surface area contributed by atoms with Crippen LogP contribution in [0.4, 0.5) is 0 Å². The first-order valence-electron chi connectivity index (χ1n) is 7.07. The van der Waals surface area contributed by atoms with E-state index in [9.17, 15) is 13.2 Å². The molecule has 1 heterocycles. The number of hydrogen-bond acceptors (Lipinski definition) is 5. The first kappa shape index (κ1) is 20.1. The second-order valence-corrected chi connectivity index (χ2v) is 7.29. The Bertz CT molecular complexity index is 808. The number of benzene rings is 1. The normalized spacial score (nSPS) is 12.1. The monoisotopic (exact) mass is 369 g/mol. The molecule has 1 unspecified atom stereocenters. The second-order valence-electron chi connectivity index (χ2n) is 5.28. The molecule has 24 heavy (non-hydrogen) atoms. The molecule has 0 aliphatic heterocycles. The molecule has 1 atom stereocenters. The maximum Gasteiger partial charge on any atom is 0.251 e. The lowest BCUT2D eigenvalue weighted by atomic mass is 10.1. The minimum absolute atomic E-state index is 0. The number of nitrogens with one attached hydrogen (secondary N) is 1. The Hall–Kier alpha value is -1.96. The fourth-order valence-corrected chi connectivity index (χ4v) is 2.73. The number of hydrogen-bond donors (Lipinski definition) is 2. The molecular formula is C16H20ClN3O3S. The molecular weight excluding hydrogens is 350 g/mol. The Morgan fingerprint density at radius 3 is 2.42 bits per heavy atom. The van der Waals surface area contributed by atoms with Gasteiger partial charge in [0, 0.05) is 24.6 Å². The summed E-state index contributed by atoms with van der Waals surface area (Å²) in [4.78, 5) is 16.5. The maximum absolute atomic E-state index is 12.2. The molecule has 2 aromatic rings. The van der Waals surface area contributed by atoms with E-state index in [1.807, 2.05) is 6.92 Å². The summed E-state index contributed by atoms with van der Waals surface area (Å²) in [6.07, 6.45) is 2.70. The van der Waals surface area contributed by atoms with Gasteiger partial charge in [0.05, 0.1) is 16.6 Å². The number of nitrogens with zero attached hydrogens (tertiary/aromatic N) is 1. The summed E-state index contributed by atoms with van der Waals surface area (Å²) in [5, 5.41) is 2.86. The summed E-state index contributed by atoms with van der Waals surface area (Å²) in [6, 6.07) is 9.46. The number of pyridine rings is 1. The lowest BCUT2D eigenvalue weighted by molar-refractivity contribution is 0.0939. The van der Waals surface area contributed by atoms with Gasteiger partial charge in [0.2, 0.25) is 0 Å². The molecule has 0 saturated heterocycles. The van der Waals surface area contributed by atoms with Gasteiger partial charge in [-0.05, 0) is 36.8 Å². The SMILES string of the molecule is CC(NC(=O)c1ccnc(CN)c1)c1ccc(S(C)(=O)=O)cc1.Cl. The van der Waals surface area contributed by atoms with E-state index in [1.165, 1.54) is 12.1 Å². The second kappa shape index (κ2) is 8.23. The quantitative estimate of drug-likeness (QED) is 0.837. The molecule has 0 bridgehead atoms. The Morgan fingerprint density at radius 2 is 1.88 bits per heavy atom. The summed E-state index contributed by atoms with van der Waals surface area (Å²) < 4.78 is 22.9. The first-order valence-corrected chi connectivity index (χ1v) is 8.96. The van der Waals surface area contributed by atoms with Crippen LogP contribution in [-0.4, -0.2) is 25.6 Å². The molecule has 1 aromatic carbocycles. The van der Waals surface area contributed by atoms with Gasteiger partial charge >= 0.3 is 0 Å². The molecule has 3 N–H and O–H groups in total. The molecule has 2 rings (SSSR count). The zero-order valence-electron chi connectivity index (χ0n) is 13.4. The van der Waals surface area contributed by atoms with Crippen LogP contribution in [0.25, 0.3) is 0 Å². The minimum Gasteiger partial charge on any atom is -0.346 e. The molecule has 8 heteroatoms. The van der Waals surface area contributed by atoms with Crippen molar-refractivity contribution >= 4 is 28.2 Å². The predicted octanol–water partition coefficient (Wildman–Crippen LogP) is 1.86. The summed E-state index contributed by atoms with van der Waals surface area (Å²) in [7, 11) is -3.23. The third-order valence-electron chi connectivity index (χ3n) is 3.44. The highest BCUT2D eigenvalue weighted by molar-refractivity contribution is 7.90. The van der Waals surface area contributed by atoms with Crippen molar-refractivity contribution in [3.8, 4) is 0 Å². The molecule has 1 aromatic heterocycles. The van der Waals surface area contributed by atoms with Crippen molar-refractivity contribution in [2.75, 3.05) is 6.26 Å². The van der Waals surface area contributed by atoms with Gasteiger partial charge in [-0.1, -0.05) is 12.1 Å². The standard InChI is InChI=1S/C16H19N3O3S.ClH/c1-11(12-3-5-15(6-4-12)23(2,21)22)19-16(20)13-7-8-18-14(9-13)10-17;/h3-9,11H,10,17H2,1-2H3,(H,19,20);1H. The van der Waals surface area contributed by atoms with Crippen LogP contribution in [0.5, 0.6) is 0 Å². The fraction of sp³-hybridized carbons (Fsp3) is 0.250. The molecule has 6 nitrogen and oxygen atoms in total. The summed E-state index contributed by atoms with van der Waals surface area (Å²) >= 11 is 0. The smallest absolute Gasteiger partial charge is 0.251 e. The average Bonchev–Trinajstić information content (AvgIpc) is 2.54. The van der Waals surface area contributed by atoms with Crippen molar-refractivity contribution < 1.29 is 13.2 Å². The van der Waals surface area contributed by atoms with Crippen LogP contribution in [0.3, 0.4) is 0 Å². The Kier molecular flexibility index (Phi) is 6.89. The van der Waals surface area contributed by atoms with Gasteiger partial charge in [0.15, 0.2) is 9.84 Å². The molecule has 0 saturated carbocycles. The number of nitrogens with two attached hydrogens (primary N) is 1. The van der Waals surface area contributed by atoms with E-state index in [-0.39, 0.29) is 35.8 Å². The average molecular weight is 370 g/mol. The Morgan fingerprint density at radius 1 is 1.25 bits per heavy atom. The van der Waals surface area contributed by atoms with E-state index in [2.05, 4.69) is 10.3 Å². The van der Waals surface area contributed by atoms with E-state index < -0.39 is 9.84 Å². The molecule has 0 radical (unpaired) electrons. The minimum atomic E-state index is -3.23. The number of halogens is 1. The zero-order chi connectivity index (χ0) is 17.0. The summed E-state index contributed by atoms with van der Waals surface area (Å²) in [6.45, 7) is 2.10. The van der Waals surface area contributed by atoms with Crippen molar-refractivity contribution in [2.45, 2.75) is 24.4 Å². The van der Waals surface area contributed by atoms with Crippen molar-refractivity contribution in [3.63, 3.8) is 0 Å². The molecule has 0 aliphatic rings. The third kappa shape index (κ3) is 5.02. The van der Waals surface area contributed by atoms with Crippen molar-refractivity contribution in [1.29, 1.82) is 0 Å². The molecule has 0 aliphatic carbocycles. The number of carbonyl (C=O) groups is 1. The topological polar surface area (TPSA) is 102 Å². The molecule has 0 spiro atoms. The highest BCUT2D eigenvalue weighted by Gasteiger charge is 2.13. The predicted molar refractivity (Wildman–Crippen MR) is 94.8 cm³/mol. The number of rotatable bonds is 5. The summed E-state index contributed by atoms with van der Waals surface area (Å²) in [5.41, 5.74) is 7.46. The number of amides is 1. The van der Waals surface area contributed by atoms with Crippen molar-refractivity contribution in [2.24, 2.45) is 5.73 Å². The van der Waals surface area contributed by atoms with Gasteiger partial charge in [0.25, 0.3) is 5.91 Å². The van der Waals surface area contributed by atoms with Crippen LogP contribution in [0.1, 0.15) is 34.6 Å². The Labute approximate surface area is 147 Å². The highest BCUT2D eigenvalue weighted by atomic mass is 35.5. The van der Waals surface area contributed by atoms with Gasteiger partial charge in [-0.2, -0.15) is 0 Å². The van der Waals surface area contributed by atoms with Gasteiger partial charge in [-0.25, -0.2) is 8.42 Å². The molecule has 130 valence electrons. The van der Waals surface area contributed by atoms with Gasteiger partial charge < -0.3 is 11.1 Å². The van der Waals surface area contributed by atoms with E-state index in [1.54, 1.807) is 30.5 Å².